The summed E-state index contributed by atoms with van der Waals surface area (Å²) in [6.07, 6.45) is -1.05. The molecular weight excluding hydrogens is 340 g/mol. The van der Waals surface area contributed by atoms with Crippen LogP contribution in [0.2, 0.25) is 5.02 Å². The predicted octanol–water partition coefficient (Wildman–Crippen LogP) is 0.856. The number of nitrogens with two attached hydrogens (primary N) is 1. The number of carbonyl (C=O) groups is 2. The number of carboxylic acid groups (broad SMARTS) is 1. The SMILES string of the molecule is Cc1c(Cl)cc(S(=O)(=O)O)cc1NC(=O)OCC(N)C(=O)O. The molecule has 0 aromatic heterocycles. The van der Waals surface area contributed by atoms with Gasteiger partial charge in [0.05, 0.1) is 4.90 Å². The third-order valence-electron chi connectivity index (χ3n) is 2.56. The number of aliphatic carboxylic acids is 1. The Morgan fingerprint density at radius 3 is 2.55 bits per heavy atom. The second kappa shape index (κ2) is 6.92. The Hall–Kier alpha value is -1.88. The van der Waals surface area contributed by atoms with Crippen molar-refractivity contribution in [3.8, 4) is 0 Å². The molecule has 1 aromatic rings. The molecule has 1 unspecified atom stereocenters. The Labute approximate surface area is 130 Å². The van der Waals surface area contributed by atoms with E-state index in [0.29, 0.717) is 5.56 Å². The van der Waals surface area contributed by atoms with Crippen LogP contribution in [-0.4, -0.2) is 42.8 Å². The molecule has 1 rings (SSSR count). The van der Waals surface area contributed by atoms with Gasteiger partial charge in [0.25, 0.3) is 10.1 Å². The zero-order chi connectivity index (χ0) is 17.1. The monoisotopic (exact) mass is 352 g/mol. The first-order chi connectivity index (χ1) is 10.0. The molecule has 0 saturated carbocycles. The third-order valence-corrected chi connectivity index (χ3v) is 3.79. The maximum absolute atomic E-state index is 11.5. The van der Waals surface area contributed by atoms with E-state index in [1.165, 1.54) is 6.92 Å². The molecule has 0 heterocycles. The molecule has 0 bridgehead atoms. The lowest BCUT2D eigenvalue weighted by Crippen LogP contribution is -2.36. The fourth-order valence-corrected chi connectivity index (χ4v) is 2.13. The van der Waals surface area contributed by atoms with Gasteiger partial charge in [0.2, 0.25) is 0 Å². The van der Waals surface area contributed by atoms with Crippen molar-refractivity contribution < 1.29 is 32.4 Å². The Balaban J connectivity index is 2.91. The minimum atomic E-state index is -4.51. The van der Waals surface area contributed by atoms with E-state index in [-0.39, 0.29) is 10.7 Å². The molecule has 5 N–H and O–H groups in total. The van der Waals surface area contributed by atoms with Crippen LogP contribution in [0, 0.1) is 6.92 Å². The van der Waals surface area contributed by atoms with Crippen LogP contribution in [0.15, 0.2) is 17.0 Å². The highest BCUT2D eigenvalue weighted by molar-refractivity contribution is 7.85. The molecule has 0 aliphatic heterocycles. The van der Waals surface area contributed by atoms with Gasteiger partial charge in [-0.1, -0.05) is 11.6 Å². The van der Waals surface area contributed by atoms with Gasteiger partial charge in [-0.3, -0.25) is 14.7 Å². The van der Waals surface area contributed by atoms with Gasteiger partial charge < -0.3 is 15.6 Å². The standard InChI is InChI=1S/C11H13ClN2O7S/c1-5-7(12)2-6(22(18,19)20)3-9(5)14-11(17)21-4-8(13)10(15)16/h2-3,8H,4,13H2,1H3,(H,14,17)(H,15,16)(H,18,19,20). The molecule has 1 amide bonds. The number of carboxylic acids is 1. The van der Waals surface area contributed by atoms with Gasteiger partial charge in [-0.25, -0.2) is 4.79 Å². The summed E-state index contributed by atoms with van der Waals surface area (Å²) < 4.78 is 35.8. The van der Waals surface area contributed by atoms with Crippen molar-refractivity contribution in [3.63, 3.8) is 0 Å². The van der Waals surface area contributed by atoms with E-state index in [2.05, 4.69) is 10.1 Å². The molecular formula is C11H13ClN2O7S. The van der Waals surface area contributed by atoms with E-state index in [0.717, 1.165) is 12.1 Å². The van der Waals surface area contributed by atoms with Crippen molar-refractivity contribution in [1.82, 2.24) is 0 Å². The summed E-state index contributed by atoms with van der Waals surface area (Å²) in [4.78, 5) is 21.5. The summed E-state index contributed by atoms with van der Waals surface area (Å²) in [5.74, 6) is -1.35. The Morgan fingerprint density at radius 1 is 1.45 bits per heavy atom. The molecule has 1 atom stereocenters. The summed E-state index contributed by atoms with van der Waals surface area (Å²) in [6, 6.07) is 0.609. The molecule has 1 aromatic carbocycles. The largest absolute Gasteiger partial charge is 0.480 e. The molecule has 22 heavy (non-hydrogen) atoms. The number of hydrogen-bond donors (Lipinski definition) is 4. The van der Waals surface area contributed by atoms with Crippen LogP contribution in [0.1, 0.15) is 5.56 Å². The fourth-order valence-electron chi connectivity index (χ4n) is 1.32. The number of anilines is 1. The van der Waals surface area contributed by atoms with Crippen molar-refractivity contribution in [2.45, 2.75) is 17.9 Å². The smallest absolute Gasteiger partial charge is 0.411 e. The second-order valence-electron chi connectivity index (χ2n) is 4.22. The summed E-state index contributed by atoms with van der Waals surface area (Å²) in [7, 11) is -4.51. The van der Waals surface area contributed by atoms with E-state index in [1.807, 2.05) is 0 Å². The normalized spacial score (nSPS) is 12.5. The van der Waals surface area contributed by atoms with Crippen LogP contribution in [0.4, 0.5) is 10.5 Å². The number of amides is 1. The number of benzene rings is 1. The second-order valence-corrected chi connectivity index (χ2v) is 6.05. The van der Waals surface area contributed by atoms with Gasteiger partial charge in [-0.15, -0.1) is 0 Å². The first-order valence-corrected chi connectivity index (χ1v) is 7.54. The van der Waals surface area contributed by atoms with E-state index >= 15 is 0 Å². The quantitative estimate of drug-likeness (QED) is 0.568. The van der Waals surface area contributed by atoms with Crippen LogP contribution < -0.4 is 11.1 Å². The highest BCUT2D eigenvalue weighted by Gasteiger charge is 2.18. The summed E-state index contributed by atoms with van der Waals surface area (Å²) in [5, 5.41) is 10.7. The van der Waals surface area contributed by atoms with Crippen LogP contribution >= 0.6 is 11.6 Å². The molecule has 0 aliphatic carbocycles. The summed E-state index contributed by atoms with van der Waals surface area (Å²) in [5.41, 5.74) is 5.46. The van der Waals surface area contributed by atoms with E-state index in [1.54, 1.807) is 0 Å². The maximum Gasteiger partial charge on any atom is 0.411 e. The van der Waals surface area contributed by atoms with E-state index < -0.39 is 39.7 Å². The lowest BCUT2D eigenvalue weighted by Gasteiger charge is -2.12. The van der Waals surface area contributed by atoms with Crippen LogP contribution in [-0.2, 0) is 19.6 Å². The van der Waals surface area contributed by atoms with Crippen molar-refractivity contribution in [3.05, 3.63) is 22.7 Å². The number of rotatable bonds is 5. The summed E-state index contributed by atoms with van der Waals surface area (Å²) in [6.45, 7) is 0.917. The lowest BCUT2D eigenvalue weighted by molar-refractivity contribution is -0.139. The molecule has 0 spiro atoms. The highest BCUT2D eigenvalue weighted by Crippen LogP contribution is 2.28. The van der Waals surface area contributed by atoms with Gasteiger partial charge >= 0.3 is 12.1 Å². The van der Waals surface area contributed by atoms with Crippen molar-refractivity contribution in [2.24, 2.45) is 5.73 Å². The topological polar surface area (TPSA) is 156 Å². The summed E-state index contributed by atoms with van der Waals surface area (Å²) >= 11 is 5.81. The molecule has 0 fully saturated rings. The third kappa shape index (κ3) is 4.84. The fraction of sp³-hybridized carbons (Fsp3) is 0.273. The molecule has 9 nitrogen and oxygen atoms in total. The molecule has 122 valence electrons. The number of carbonyl (C=O) groups excluding carboxylic acids is 1. The first-order valence-electron chi connectivity index (χ1n) is 5.72. The van der Waals surface area contributed by atoms with E-state index in [9.17, 15) is 18.0 Å². The van der Waals surface area contributed by atoms with Crippen molar-refractivity contribution >= 4 is 39.5 Å². The van der Waals surface area contributed by atoms with Crippen molar-refractivity contribution in [1.29, 1.82) is 0 Å². The predicted molar refractivity (Wildman–Crippen MR) is 76.6 cm³/mol. The molecule has 11 heteroatoms. The lowest BCUT2D eigenvalue weighted by atomic mass is 10.2. The Kier molecular flexibility index (Phi) is 5.72. The molecule has 0 radical (unpaired) electrons. The number of halogens is 1. The zero-order valence-corrected chi connectivity index (χ0v) is 12.8. The van der Waals surface area contributed by atoms with E-state index in [4.69, 9.17) is 27.0 Å². The first kappa shape index (κ1) is 18.2. The van der Waals surface area contributed by atoms with Gasteiger partial charge in [0, 0.05) is 10.7 Å². The Bertz CT molecular complexity index is 705. The number of nitrogens with one attached hydrogen (secondary N) is 1. The average molecular weight is 353 g/mol. The van der Waals surface area contributed by atoms with Gasteiger partial charge in [-0.2, -0.15) is 8.42 Å². The van der Waals surface area contributed by atoms with Gasteiger partial charge in [-0.05, 0) is 24.6 Å². The van der Waals surface area contributed by atoms with Crippen LogP contribution in [0.3, 0.4) is 0 Å². The van der Waals surface area contributed by atoms with Gasteiger partial charge in [0.15, 0.2) is 0 Å². The minimum Gasteiger partial charge on any atom is -0.480 e. The molecule has 0 saturated heterocycles. The maximum atomic E-state index is 11.5. The van der Waals surface area contributed by atoms with Crippen molar-refractivity contribution in [2.75, 3.05) is 11.9 Å². The van der Waals surface area contributed by atoms with Crippen LogP contribution in [0.25, 0.3) is 0 Å². The molecule has 0 aliphatic rings. The zero-order valence-electron chi connectivity index (χ0n) is 11.2. The van der Waals surface area contributed by atoms with Crippen LogP contribution in [0.5, 0.6) is 0 Å². The highest BCUT2D eigenvalue weighted by atomic mass is 35.5. The van der Waals surface area contributed by atoms with Gasteiger partial charge in [0.1, 0.15) is 12.6 Å². The Morgan fingerprint density at radius 2 is 2.05 bits per heavy atom. The average Bonchev–Trinajstić information content (AvgIpc) is 2.39. The number of hydrogen-bond acceptors (Lipinski definition) is 6. The minimum absolute atomic E-state index is 0.00679. The number of ether oxygens (including phenoxy) is 1.